The third-order valence-electron chi connectivity index (χ3n) is 4.28. The molecule has 1 aromatic carbocycles. The molecule has 2 rings (SSSR count). The molecule has 0 aliphatic carbocycles. The van der Waals surface area contributed by atoms with Crippen LogP contribution in [0.3, 0.4) is 0 Å². The number of esters is 1. The summed E-state index contributed by atoms with van der Waals surface area (Å²) in [6.07, 6.45) is 1.60. The van der Waals surface area contributed by atoms with Crippen molar-refractivity contribution in [2.45, 2.75) is 26.7 Å². The Kier molecular flexibility index (Phi) is 10.4. The van der Waals surface area contributed by atoms with E-state index in [1.807, 2.05) is 31.2 Å². The molecule has 0 unspecified atom stereocenters. The van der Waals surface area contributed by atoms with Crippen LogP contribution in [0, 0.1) is 12.8 Å². The molecule has 0 atom stereocenters. The summed E-state index contributed by atoms with van der Waals surface area (Å²) in [5, 5.41) is 3.32. The Morgan fingerprint density at radius 1 is 1.35 bits per heavy atom. The van der Waals surface area contributed by atoms with Crippen LogP contribution in [0.2, 0.25) is 0 Å². The minimum atomic E-state index is -0.104. The summed E-state index contributed by atoms with van der Waals surface area (Å²) >= 11 is 0. The highest BCUT2D eigenvalue weighted by atomic mass is 127. The molecular formula is C19H30IN3O3. The summed E-state index contributed by atoms with van der Waals surface area (Å²) in [5.41, 5.74) is 1.18. The molecule has 0 saturated carbocycles. The first-order chi connectivity index (χ1) is 12.1. The van der Waals surface area contributed by atoms with Gasteiger partial charge in [-0.3, -0.25) is 4.79 Å². The van der Waals surface area contributed by atoms with Gasteiger partial charge in [0, 0.05) is 19.6 Å². The van der Waals surface area contributed by atoms with Gasteiger partial charge < -0.3 is 19.7 Å². The van der Waals surface area contributed by atoms with Crippen LogP contribution in [0.4, 0.5) is 0 Å². The summed E-state index contributed by atoms with van der Waals surface area (Å²) in [6, 6.07) is 8.02. The van der Waals surface area contributed by atoms with E-state index < -0.39 is 0 Å². The summed E-state index contributed by atoms with van der Waals surface area (Å²) in [6.45, 7) is 7.67. The first kappa shape index (κ1) is 22.5. The van der Waals surface area contributed by atoms with Gasteiger partial charge in [-0.05, 0) is 44.4 Å². The number of methoxy groups -OCH3 is 1. The van der Waals surface area contributed by atoms with Crippen LogP contribution < -0.4 is 10.1 Å². The zero-order chi connectivity index (χ0) is 18.1. The minimum absolute atomic E-state index is 0. The van der Waals surface area contributed by atoms with Crippen LogP contribution in [-0.4, -0.2) is 56.7 Å². The Morgan fingerprint density at radius 3 is 2.69 bits per heavy atom. The van der Waals surface area contributed by atoms with Gasteiger partial charge >= 0.3 is 5.97 Å². The highest BCUT2D eigenvalue weighted by Crippen LogP contribution is 2.18. The Balaban J connectivity index is 0.00000338. The van der Waals surface area contributed by atoms with Gasteiger partial charge in [0.15, 0.2) is 5.96 Å². The number of hydrogen-bond acceptors (Lipinski definition) is 4. The number of ether oxygens (including phenoxy) is 2. The van der Waals surface area contributed by atoms with E-state index in [0.29, 0.717) is 13.2 Å². The quantitative estimate of drug-likeness (QED) is 0.226. The molecule has 1 aromatic rings. The number of hydrogen-bond donors (Lipinski definition) is 1. The van der Waals surface area contributed by atoms with E-state index in [0.717, 1.165) is 44.2 Å². The van der Waals surface area contributed by atoms with E-state index in [-0.39, 0.29) is 35.9 Å². The van der Waals surface area contributed by atoms with Crippen molar-refractivity contribution >= 4 is 35.9 Å². The third kappa shape index (κ3) is 7.01. The highest BCUT2D eigenvalue weighted by molar-refractivity contribution is 14.0. The number of rotatable bonds is 6. The Hall–Kier alpha value is -1.51. The predicted octanol–water partition coefficient (Wildman–Crippen LogP) is 2.84. The lowest BCUT2D eigenvalue weighted by atomic mass is 9.97. The molecule has 1 N–H and O–H groups in total. The number of likely N-dealkylation sites (tertiary alicyclic amines) is 1. The zero-order valence-electron chi connectivity index (χ0n) is 15.9. The van der Waals surface area contributed by atoms with Crippen molar-refractivity contribution in [2.75, 3.05) is 39.9 Å². The van der Waals surface area contributed by atoms with Crippen LogP contribution >= 0.6 is 24.0 Å². The molecule has 0 radical (unpaired) electrons. The molecule has 1 saturated heterocycles. The fourth-order valence-electron chi connectivity index (χ4n) is 2.94. The minimum Gasteiger partial charge on any atom is -0.492 e. The van der Waals surface area contributed by atoms with Crippen LogP contribution in [0.25, 0.3) is 0 Å². The second kappa shape index (κ2) is 12.0. The smallest absolute Gasteiger partial charge is 0.308 e. The molecule has 1 heterocycles. The van der Waals surface area contributed by atoms with E-state index in [1.54, 1.807) is 0 Å². The second-order valence-electron chi connectivity index (χ2n) is 6.19. The number of nitrogens with zero attached hydrogens (tertiary/aromatic N) is 2. The van der Waals surface area contributed by atoms with Gasteiger partial charge in [-0.25, -0.2) is 4.99 Å². The number of carbonyl (C=O) groups excluding carboxylic acids is 1. The average molecular weight is 475 g/mol. The maximum atomic E-state index is 11.6. The van der Waals surface area contributed by atoms with Gasteiger partial charge in [0.1, 0.15) is 12.4 Å². The Bertz CT molecular complexity index is 587. The lowest BCUT2D eigenvalue weighted by molar-refractivity contribution is -0.146. The SMILES string of the molecule is CCNC(=NCCOc1cccc(C)c1)N1CCC(C(=O)OC)CC1.I. The number of piperidine rings is 1. The monoisotopic (exact) mass is 475 g/mol. The molecule has 6 nitrogen and oxygen atoms in total. The molecule has 1 aliphatic heterocycles. The van der Waals surface area contributed by atoms with Crippen LogP contribution in [-0.2, 0) is 9.53 Å². The van der Waals surface area contributed by atoms with Crippen LogP contribution in [0.15, 0.2) is 29.3 Å². The third-order valence-corrected chi connectivity index (χ3v) is 4.28. The molecule has 0 bridgehead atoms. The maximum Gasteiger partial charge on any atom is 0.308 e. The van der Waals surface area contributed by atoms with E-state index in [2.05, 4.69) is 22.1 Å². The van der Waals surface area contributed by atoms with Crippen molar-refractivity contribution in [1.29, 1.82) is 0 Å². The van der Waals surface area contributed by atoms with Gasteiger partial charge in [-0.1, -0.05) is 12.1 Å². The number of guanidine groups is 1. The number of aryl methyl sites for hydroxylation is 1. The van der Waals surface area contributed by atoms with Crippen molar-refractivity contribution in [3.05, 3.63) is 29.8 Å². The molecule has 0 aromatic heterocycles. The summed E-state index contributed by atoms with van der Waals surface area (Å²) in [7, 11) is 1.45. The molecule has 146 valence electrons. The van der Waals surface area contributed by atoms with Gasteiger partial charge in [0.2, 0.25) is 0 Å². The van der Waals surface area contributed by atoms with Gasteiger partial charge in [0.05, 0.1) is 19.6 Å². The summed E-state index contributed by atoms with van der Waals surface area (Å²) < 4.78 is 10.6. The average Bonchev–Trinajstić information content (AvgIpc) is 2.64. The van der Waals surface area contributed by atoms with E-state index in [4.69, 9.17) is 9.47 Å². The molecular weight excluding hydrogens is 445 g/mol. The lowest BCUT2D eigenvalue weighted by Crippen LogP contribution is -2.46. The van der Waals surface area contributed by atoms with Crippen molar-refractivity contribution in [2.24, 2.45) is 10.9 Å². The number of halogens is 1. The largest absolute Gasteiger partial charge is 0.492 e. The molecule has 1 fully saturated rings. The molecule has 7 heteroatoms. The number of nitrogens with one attached hydrogen (secondary N) is 1. The predicted molar refractivity (Wildman–Crippen MR) is 114 cm³/mol. The fourth-order valence-corrected chi connectivity index (χ4v) is 2.94. The van der Waals surface area contributed by atoms with Crippen LogP contribution in [0.1, 0.15) is 25.3 Å². The van der Waals surface area contributed by atoms with E-state index in [1.165, 1.54) is 12.7 Å². The maximum absolute atomic E-state index is 11.6. The number of aliphatic imine (C=N–C) groups is 1. The number of benzene rings is 1. The Labute approximate surface area is 173 Å². The fraction of sp³-hybridized carbons (Fsp3) is 0.579. The zero-order valence-corrected chi connectivity index (χ0v) is 18.2. The second-order valence-corrected chi connectivity index (χ2v) is 6.19. The first-order valence-corrected chi connectivity index (χ1v) is 8.94. The topological polar surface area (TPSA) is 63.2 Å². The lowest BCUT2D eigenvalue weighted by Gasteiger charge is -2.33. The normalized spacial score (nSPS) is 15.2. The summed E-state index contributed by atoms with van der Waals surface area (Å²) in [4.78, 5) is 18.5. The van der Waals surface area contributed by atoms with Gasteiger partial charge in [-0.2, -0.15) is 0 Å². The van der Waals surface area contributed by atoms with E-state index in [9.17, 15) is 4.79 Å². The highest BCUT2D eigenvalue weighted by Gasteiger charge is 2.26. The standard InChI is InChI=1S/C19H29N3O3.HI/c1-4-20-19(22-11-8-16(9-12-22)18(23)24-3)21-10-13-25-17-7-5-6-15(2)14-17;/h5-7,14,16H,4,8-13H2,1-3H3,(H,20,21);1H. The van der Waals surface area contributed by atoms with Crippen molar-refractivity contribution < 1.29 is 14.3 Å². The van der Waals surface area contributed by atoms with Crippen molar-refractivity contribution in [3.8, 4) is 5.75 Å². The molecule has 0 amide bonds. The van der Waals surface area contributed by atoms with Crippen molar-refractivity contribution in [1.82, 2.24) is 10.2 Å². The molecule has 1 aliphatic rings. The van der Waals surface area contributed by atoms with Gasteiger partial charge in [-0.15, -0.1) is 24.0 Å². The Morgan fingerprint density at radius 2 is 2.08 bits per heavy atom. The first-order valence-electron chi connectivity index (χ1n) is 8.94. The van der Waals surface area contributed by atoms with E-state index >= 15 is 0 Å². The van der Waals surface area contributed by atoms with Gasteiger partial charge in [0.25, 0.3) is 0 Å². The summed E-state index contributed by atoms with van der Waals surface area (Å²) in [5.74, 6) is 1.67. The van der Waals surface area contributed by atoms with Crippen molar-refractivity contribution in [3.63, 3.8) is 0 Å². The van der Waals surface area contributed by atoms with Crippen LogP contribution in [0.5, 0.6) is 5.75 Å². The molecule has 0 spiro atoms. The molecule has 26 heavy (non-hydrogen) atoms. The number of carbonyl (C=O) groups is 1.